The molecule has 2 heterocycles. The first kappa shape index (κ1) is 19.3. The Morgan fingerprint density at radius 2 is 1.93 bits per heavy atom. The topological polar surface area (TPSA) is 78.0 Å². The van der Waals surface area contributed by atoms with Crippen LogP contribution in [-0.2, 0) is 6.54 Å². The van der Waals surface area contributed by atoms with Crippen LogP contribution in [0.15, 0.2) is 53.3 Å². The van der Waals surface area contributed by atoms with Crippen LogP contribution in [0.1, 0.15) is 16.0 Å². The monoisotopic (exact) mass is 425 g/mol. The van der Waals surface area contributed by atoms with Gasteiger partial charge in [0, 0.05) is 22.6 Å². The van der Waals surface area contributed by atoms with Crippen LogP contribution in [0.2, 0.25) is 5.02 Å². The van der Waals surface area contributed by atoms with Gasteiger partial charge in [-0.1, -0.05) is 35.9 Å². The first-order valence-electron chi connectivity index (χ1n) is 8.85. The normalized spacial score (nSPS) is 11.1. The van der Waals surface area contributed by atoms with Gasteiger partial charge >= 0.3 is 0 Å². The number of hydrogen-bond donors (Lipinski definition) is 0. The molecule has 8 heteroatoms. The largest absolute Gasteiger partial charge is 0.288 e. The summed E-state index contributed by atoms with van der Waals surface area (Å²) in [6, 6.07) is 13.5. The molecule has 4 aromatic rings. The summed E-state index contributed by atoms with van der Waals surface area (Å²) in [7, 11) is 0. The molecule has 0 bridgehead atoms. The molecule has 0 atom stereocenters. The summed E-state index contributed by atoms with van der Waals surface area (Å²) in [5, 5.41) is 12.2. The zero-order valence-electron chi connectivity index (χ0n) is 15.7. The van der Waals surface area contributed by atoms with Crippen molar-refractivity contribution in [2.75, 3.05) is 0 Å². The van der Waals surface area contributed by atoms with E-state index in [1.54, 1.807) is 22.8 Å². The lowest BCUT2D eigenvalue weighted by atomic mass is 10.1. The second kappa shape index (κ2) is 7.42. The number of non-ortho nitro benzene ring substituents is 1. The molecule has 0 saturated heterocycles. The highest BCUT2D eigenvalue weighted by Crippen LogP contribution is 2.31. The Morgan fingerprint density at radius 3 is 2.66 bits per heavy atom. The molecule has 0 N–H and O–H groups in total. The minimum Gasteiger partial charge on any atom is -0.288 e. The number of aromatic nitrogens is 2. The molecule has 0 aliphatic rings. The summed E-state index contributed by atoms with van der Waals surface area (Å²) in [6.45, 7) is 4.02. The fourth-order valence-electron chi connectivity index (χ4n) is 3.27. The second-order valence-electron chi connectivity index (χ2n) is 6.70. The maximum absolute atomic E-state index is 13.4. The minimum absolute atomic E-state index is 0.0218. The van der Waals surface area contributed by atoms with E-state index in [1.165, 1.54) is 23.5 Å². The van der Waals surface area contributed by atoms with Crippen molar-refractivity contribution in [1.82, 2.24) is 9.55 Å². The van der Waals surface area contributed by atoms with Gasteiger partial charge in [-0.25, -0.2) is 4.98 Å². The Kier molecular flexibility index (Phi) is 4.94. The third kappa shape index (κ3) is 3.43. The minimum atomic E-state index is -0.449. The molecule has 4 rings (SSSR count). The average Bonchev–Trinajstić information content (AvgIpc) is 2.98. The highest BCUT2D eigenvalue weighted by molar-refractivity contribution is 7.18. The van der Waals surface area contributed by atoms with Crippen LogP contribution in [0.4, 0.5) is 5.69 Å². The molecule has 0 unspecified atom stereocenters. The molecule has 0 fully saturated rings. The van der Waals surface area contributed by atoms with Crippen molar-refractivity contribution in [3.8, 4) is 11.4 Å². The Morgan fingerprint density at radius 1 is 1.17 bits per heavy atom. The van der Waals surface area contributed by atoms with E-state index in [0.717, 1.165) is 10.4 Å². The van der Waals surface area contributed by atoms with Crippen LogP contribution in [0, 0.1) is 24.0 Å². The highest BCUT2D eigenvalue weighted by Gasteiger charge is 2.19. The van der Waals surface area contributed by atoms with Crippen LogP contribution in [0.5, 0.6) is 0 Å². The summed E-state index contributed by atoms with van der Waals surface area (Å²) in [5.74, 6) is 0.445. The predicted octanol–water partition coefficient (Wildman–Crippen LogP) is 5.35. The number of aryl methyl sites for hydroxylation is 2. The number of halogens is 1. The second-order valence-corrected chi connectivity index (χ2v) is 8.31. The van der Waals surface area contributed by atoms with Crippen molar-refractivity contribution < 1.29 is 4.92 Å². The fourth-order valence-corrected chi connectivity index (χ4v) is 4.51. The molecule has 0 spiro atoms. The number of nitro benzene ring substituents is 1. The summed E-state index contributed by atoms with van der Waals surface area (Å²) < 4.78 is 1.54. The Balaban J connectivity index is 1.99. The maximum atomic E-state index is 13.4. The van der Waals surface area contributed by atoms with Gasteiger partial charge in [-0.05, 0) is 37.1 Å². The Bertz CT molecular complexity index is 1330. The molecule has 29 heavy (non-hydrogen) atoms. The number of nitro groups is 1. The number of fused-ring (bicyclic) bond motifs is 1. The zero-order chi connectivity index (χ0) is 20.7. The van der Waals surface area contributed by atoms with Gasteiger partial charge in [0.15, 0.2) is 0 Å². The molecule has 0 aliphatic heterocycles. The van der Waals surface area contributed by atoms with E-state index < -0.39 is 4.92 Å². The zero-order valence-corrected chi connectivity index (χ0v) is 17.3. The standard InChI is InChI=1S/C21H16ClN3O3S/c1-12-13(2)29-20-18(12)21(26)24(11-14-6-5-7-15(10-14)25(27)28)19(23-20)16-8-3-4-9-17(16)22/h3-10H,11H2,1-2H3. The van der Waals surface area contributed by atoms with Gasteiger partial charge in [-0.15, -0.1) is 11.3 Å². The molecule has 0 amide bonds. The van der Waals surface area contributed by atoms with E-state index >= 15 is 0 Å². The van der Waals surface area contributed by atoms with Crippen molar-refractivity contribution in [3.05, 3.63) is 90.0 Å². The SMILES string of the molecule is Cc1sc2nc(-c3ccccc3Cl)n(Cc3cccc([N+](=O)[O-])c3)c(=O)c2c1C. The number of thiophene rings is 1. The third-order valence-corrected chi connectivity index (χ3v) is 6.30. The van der Waals surface area contributed by atoms with Crippen molar-refractivity contribution in [3.63, 3.8) is 0 Å². The maximum Gasteiger partial charge on any atom is 0.269 e. The number of nitrogens with zero attached hydrogens (tertiary/aromatic N) is 3. The molecule has 0 radical (unpaired) electrons. The first-order chi connectivity index (χ1) is 13.9. The molecule has 0 saturated carbocycles. The summed E-state index contributed by atoms with van der Waals surface area (Å²) in [6.07, 6.45) is 0. The van der Waals surface area contributed by atoms with Gasteiger partial charge in [0.2, 0.25) is 0 Å². The first-order valence-corrected chi connectivity index (χ1v) is 10.0. The average molecular weight is 426 g/mol. The lowest BCUT2D eigenvalue weighted by Gasteiger charge is -2.14. The molecule has 0 aliphatic carbocycles. The van der Waals surface area contributed by atoms with Crippen LogP contribution < -0.4 is 5.56 Å². The van der Waals surface area contributed by atoms with Gasteiger partial charge in [-0.3, -0.25) is 19.5 Å². The van der Waals surface area contributed by atoms with Crippen molar-refractivity contribution in [1.29, 1.82) is 0 Å². The van der Waals surface area contributed by atoms with Crippen LogP contribution in [0.3, 0.4) is 0 Å². The van der Waals surface area contributed by atoms with E-state index in [-0.39, 0.29) is 17.8 Å². The number of benzene rings is 2. The Hall–Kier alpha value is -3.03. The van der Waals surface area contributed by atoms with E-state index in [1.807, 2.05) is 32.0 Å². The van der Waals surface area contributed by atoms with Gasteiger partial charge in [0.1, 0.15) is 10.7 Å². The third-order valence-electron chi connectivity index (χ3n) is 4.87. The summed E-state index contributed by atoms with van der Waals surface area (Å²) >= 11 is 7.87. The highest BCUT2D eigenvalue weighted by atomic mass is 35.5. The van der Waals surface area contributed by atoms with E-state index in [4.69, 9.17) is 16.6 Å². The summed E-state index contributed by atoms with van der Waals surface area (Å²) in [5.41, 5.74) is 1.98. The van der Waals surface area contributed by atoms with Crippen molar-refractivity contribution in [2.24, 2.45) is 0 Å². The van der Waals surface area contributed by atoms with Crippen LogP contribution in [-0.4, -0.2) is 14.5 Å². The van der Waals surface area contributed by atoms with Gasteiger partial charge in [0.05, 0.1) is 21.9 Å². The van der Waals surface area contributed by atoms with Crippen LogP contribution in [0.25, 0.3) is 21.6 Å². The molecule has 146 valence electrons. The van der Waals surface area contributed by atoms with E-state index in [2.05, 4.69) is 0 Å². The number of rotatable bonds is 4. The fraction of sp³-hybridized carbons (Fsp3) is 0.143. The quantitative estimate of drug-likeness (QED) is 0.326. The molecule has 6 nitrogen and oxygen atoms in total. The van der Waals surface area contributed by atoms with E-state index in [9.17, 15) is 14.9 Å². The molecule has 2 aromatic heterocycles. The van der Waals surface area contributed by atoms with Gasteiger partial charge in [0.25, 0.3) is 11.2 Å². The van der Waals surface area contributed by atoms with Gasteiger partial charge in [-0.2, -0.15) is 0 Å². The molecular weight excluding hydrogens is 410 g/mol. The molecular formula is C21H16ClN3O3S. The number of hydrogen-bond acceptors (Lipinski definition) is 5. The van der Waals surface area contributed by atoms with Crippen LogP contribution >= 0.6 is 22.9 Å². The van der Waals surface area contributed by atoms with Crippen molar-refractivity contribution in [2.45, 2.75) is 20.4 Å². The lowest BCUT2D eigenvalue weighted by Crippen LogP contribution is -2.24. The van der Waals surface area contributed by atoms with Crippen molar-refractivity contribution >= 4 is 38.8 Å². The lowest BCUT2D eigenvalue weighted by molar-refractivity contribution is -0.384. The Labute approximate surface area is 175 Å². The van der Waals surface area contributed by atoms with Gasteiger partial charge < -0.3 is 0 Å². The smallest absolute Gasteiger partial charge is 0.269 e. The molecule has 2 aromatic carbocycles. The summed E-state index contributed by atoms with van der Waals surface area (Å²) in [4.78, 5) is 30.6. The van der Waals surface area contributed by atoms with E-state index in [0.29, 0.717) is 32.2 Å². The predicted molar refractivity (Wildman–Crippen MR) is 116 cm³/mol.